The lowest BCUT2D eigenvalue weighted by molar-refractivity contribution is 0.0307. The maximum Gasteiger partial charge on any atom is 0.0575 e. The molecule has 0 aliphatic rings. The molecule has 15 heavy (non-hydrogen) atoms. The van der Waals surface area contributed by atoms with Crippen LogP contribution in [0, 0.1) is 5.92 Å². The van der Waals surface area contributed by atoms with E-state index in [9.17, 15) is 0 Å². The van der Waals surface area contributed by atoms with E-state index in [1.165, 1.54) is 5.56 Å². The first-order valence-corrected chi connectivity index (χ1v) is 5.89. The van der Waals surface area contributed by atoms with Crippen molar-refractivity contribution < 1.29 is 4.74 Å². The Kier molecular flexibility index (Phi) is 5.41. The maximum absolute atomic E-state index is 5.73. The van der Waals surface area contributed by atoms with Crippen LogP contribution in [0.5, 0.6) is 0 Å². The summed E-state index contributed by atoms with van der Waals surface area (Å²) in [7, 11) is 0. The van der Waals surface area contributed by atoms with Crippen LogP contribution in [0.2, 0.25) is 0 Å². The van der Waals surface area contributed by atoms with Crippen molar-refractivity contribution in [1.82, 2.24) is 0 Å². The van der Waals surface area contributed by atoms with Gasteiger partial charge in [-0.3, -0.25) is 0 Å². The van der Waals surface area contributed by atoms with Gasteiger partial charge in [-0.25, -0.2) is 0 Å². The molecule has 1 aromatic rings. The molecule has 1 aromatic carbocycles. The van der Waals surface area contributed by atoms with Crippen LogP contribution >= 0.6 is 0 Å². The van der Waals surface area contributed by atoms with Crippen molar-refractivity contribution in [1.29, 1.82) is 0 Å². The fourth-order valence-electron chi connectivity index (χ4n) is 1.62. The largest absolute Gasteiger partial charge is 0.378 e. The number of benzene rings is 1. The number of hydrogen-bond donors (Lipinski definition) is 0. The van der Waals surface area contributed by atoms with Crippen LogP contribution in [-0.2, 0) is 11.2 Å². The van der Waals surface area contributed by atoms with Crippen molar-refractivity contribution in [2.24, 2.45) is 5.92 Å². The summed E-state index contributed by atoms with van der Waals surface area (Å²) >= 11 is 0. The summed E-state index contributed by atoms with van der Waals surface area (Å²) in [6.45, 7) is 7.45. The van der Waals surface area contributed by atoms with E-state index in [0.717, 1.165) is 19.4 Å². The average molecular weight is 206 g/mol. The van der Waals surface area contributed by atoms with Crippen LogP contribution < -0.4 is 0 Å². The summed E-state index contributed by atoms with van der Waals surface area (Å²) in [6, 6.07) is 10.6. The molecule has 0 heterocycles. The van der Waals surface area contributed by atoms with Gasteiger partial charge in [0, 0.05) is 6.61 Å². The topological polar surface area (TPSA) is 9.23 Å². The summed E-state index contributed by atoms with van der Waals surface area (Å²) in [5.41, 5.74) is 1.40. The Labute approximate surface area is 93.5 Å². The minimum Gasteiger partial charge on any atom is -0.378 e. The number of rotatable bonds is 6. The van der Waals surface area contributed by atoms with E-state index in [0.29, 0.717) is 12.0 Å². The van der Waals surface area contributed by atoms with Gasteiger partial charge >= 0.3 is 0 Å². The molecule has 0 aliphatic heterocycles. The highest BCUT2D eigenvalue weighted by molar-refractivity contribution is 5.15. The van der Waals surface area contributed by atoms with Gasteiger partial charge in [0.2, 0.25) is 0 Å². The quantitative estimate of drug-likeness (QED) is 0.690. The van der Waals surface area contributed by atoms with Crippen molar-refractivity contribution >= 4 is 0 Å². The molecule has 0 bridgehead atoms. The predicted molar refractivity (Wildman–Crippen MR) is 65.0 cm³/mol. The molecule has 1 nitrogen and oxygen atoms in total. The lowest BCUT2D eigenvalue weighted by Crippen LogP contribution is -2.20. The molecule has 1 heteroatoms. The molecule has 0 aliphatic carbocycles. The van der Waals surface area contributed by atoms with E-state index in [1.54, 1.807) is 0 Å². The molecule has 0 fully saturated rings. The highest BCUT2D eigenvalue weighted by Crippen LogP contribution is 2.14. The molecule has 0 saturated carbocycles. The third-order valence-electron chi connectivity index (χ3n) is 2.79. The second kappa shape index (κ2) is 6.62. The fourth-order valence-corrected chi connectivity index (χ4v) is 1.62. The van der Waals surface area contributed by atoms with Gasteiger partial charge in [-0.2, -0.15) is 0 Å². The SMILES string of the molecule is CCCO[C@@H](C)[C@H](C)Cc1ccccc1. The number of hydrogen-bond acceptors (Lipinski definition) is 1. The van der Waals surface area contributed by atoms with Crippen molar-refractivity contribution in [3.05, 3.63) is 35.9 Å². The van der Waals surface area contributed by atoms with Crippen LogP contribution in [0.4, 0.5) is 0 Å². The van der Waals surface area contributed by atoms with Gasteiger partial charge in [0.15, 0.2) is 0 Å². The molecule has 84 valence electrons. The first-order chi connectivity index (χ1) is 7.24. The van der Waals surface area contributed by atoms with Gasteiger partial charge in [-0.1, -0.05) is 44.2 Å². The summed E-state index contributed by atoms with van der Waals surface area (Å²) in [5.74, 6) is 0.582. The van der Waals surface area contributed by atoms with E-state index in [1.807, 2.05) is 0 Å². The predicted octanol–water partition coefficient (Wildman–Crippen LogP) is 3.68. The van der Waals surface area contributed by atoms with Gasteiger partial charge in [-0.05, 0) is 31.2 Å². The van der Waals surface area contributed by atoms with Gasteiger partial charge in [0.1, 0.15) is 0 Å². The summed E-state index contributed by atoms with van der Waals surface area (Å²) < 4.78 is 5.73. The van der Waals surface area contributed by atoms with Crippen molar-refractivity contribution in [3.8, 4) is 0 Å². The minimum atomic E-state index is 0.352. The van der Waals surface area contributed by atoms with Gasteiger partial charge in [-0.15, -0.1) is 0 Å². The average Bonchev–Trinajstić information content (AvgIpc) is 2.27. The normalized spacial score (nSPS) is 14.9. The molecule has 0 radical (unpaired) electrons. The van der Waals surface area contributed by atoms with Crippen LogP contribution in [0.1, 0.15) is 32.8 Å². The molecule has 1 rings (SSSR count). The molecule has 2 atom stereocenters. The zero-order valence-electron chi connectivity index (χ0n) is 10.1. The highest BCUT2D eigenvalue weighted by atomic mass is 16.5. The Bertz CT molecular complexity index is 255. The van der Waals surface area contributed by atoms with Crippen LogP contribution in [-0.4, -0.2) is 12.7 Å². The first kappa shape index (κ1) is 12.3. The zero-order valence-corrected chi connectivity index (χ0v) is 10.1. The lowest BCUT2D eigenvalue weighted by atomic mass is 9.97. The second-order valence-electron chi connectivity index (χ2n) is 4.24. The Hall–Kier alpha value is -0.820. The van der Waals surface area contributed by atoms with Gasteiger partial charge in [0.05, 0.1) is 6.10 Å². The monoisotopic (exact) mass is 206 g/mol. The Balaban J connectivity index is 2.38. The fraction of sp³-hybridized carbons (Fsp3) is 0.571. The van der Waals surface area contributed by atoms with E-state index in [2.05, 4.69) is 51.1 Å². The standard InChI is InChI=1S/C14H22O/c1-4-10-15-13(3)12(2)11-14-8-6-5-7-9-14/h5-9,12-13H,4,10-11H2,1-3H3/t12-,13+/m1/s1. The Morgan fingerprint density at radius 1 is 1.13 bits per heavy atom. The Morgan fingerprint density at radius 2 is 1.80 bits per heavy atom. The third-order valence-corrected chi connectivity index (χ3v) is 2.79. The molecule has 0 spiro atoms. The van der Waals surface area contributed by atoms with E-state index >= 15 is 0 Å². The van der Waals surface area contributed by atoms with Gasteiger partial charge < -0.3 is 4.74 Å². The number of ether oxygens (including phenoxy) is 1. The third kappa shape index (κ3) is 4.48. The summed E-state index contributed by atoms with van der Waals surface area (Å²) in [4.78, 5) is 0. The smallest absolute Gasteiger partial charge is 0.0575 e. The van der Waals surface area contributed by atoms with E-state index in [-0.39, 0.29) is 0 Å². The molecule has 0 N–H and O–H groups in total. The minimum absolute atomic E-state index is 0.352. The van der Waals surface area contributed by atoms with Crippen LogP contribution in [0.15, 0.2) is 30.3 Å². The summed E-state index contributed by atoms with van der Waals surface area (Å²) in [5, 5.41) is 0. The second-order valence-corrected chi connectivity index (χ2v) is 4.24. The lowest BCUT2D eigenvalue weighted by Gasteiger charge is -2.20. The molecule has 0 saturated heterocycles. The maximum atomic E-state index is 5.73. The van der Waals surface area contributed by atoms with Crippen LogP contribution in [0.3, 0.4) is 0 Å². The Morgan fingerprint density at radius 3 is 2.40 bits per heavy atom. The van der Waals surface area contributed by atoms with Crippen LogP contribution in [0.25, 0.3) is 0 Å². The molecule has 0 aromatic heterocycles. The highest BCUT2D eigenvalue weighted by Gasteiger charge is 2.12. The molecular formula is C14H22O. The zero-order chi connectivity index (χ0) is 11.1. The van der Waals surface area contributed by atoms with Crippen molar-refractivity contribution in [2.75, 3.05) is 6.61 Å². The van der Waals surface area contributed by atoms with E-state index in [4.69, 9.17) is 4.74 Å². The molecule has 0 unspecified atom stereocenters. The molecular weight excluding hydrogens is 184 g/mol. The van der Waals surface area contributed by atoms with Gasteiger partial charge in [0.25, 0.3) is 0 Å². The van der Waals surface area contributed by atoms with Crippen molar-refractivity contribution in [3.63, 3.8) is 0 Å². The summed E-state index contributed by atoms with van der Waals surface area (Å²) in [6.07, 6.45) is 2.55. The molecule has 0 amide bonds. The van der Waals surface area contributed by atoms with E-state index < -0.39 is 0 Å². The van der Waals surface area contributed by atoms with Crippen molar-refractivity contribution in [2.45, 2.75) is 39.7 Å². The first-order valence-electron chi connectivity index (χ1n) is 5.89.